The van der Waals surface area contributed by atoms with Crippen LogP contribution in [0.2, 0.25) is 0 Å². The standard InChI is InChI=1S/C17H23N5O3/c1-25-15-9-7-14(8-10-15)22-19-16(18-20-22)17(24)21(11-12-23)13-5-3-2-4-6-13/h7-10,13,23H,2-6,11-12H2,1H3. The third kappa shape index (κ3) is 3.96. The van der Waals surface area contributed by atoms with E-state index in [4.69, 9.17) is 4.74 Å². The lowest BCUT2D eigenvalue weighted by atomic mass is 9.94. The van der Waals surface area contributed by atoms with Crippen LogP contribution in [0, 0.1) is 0 Å². The van der Waals surface area contributed by atoms with Crippen molar-refractivity contribution in [2.75, 3.05) is 20.3 Å². The summed E-state index contributed by atoms with van der Waals surface area (Å²) in [6.07, 6.45) is 5.32. The van der Waals surface area contributed by atoms with Gasteiger partial charge in [-0.2, -0.15) is 0 Å². The largest absolute Gasteiger partial charge is 0.497 e. The third-order valence-corrected chi connectivity index (χ3v) is 4.53. The maximum atomic E-state index is 12.8. The number of hydrogen-bond donors (Lipinski definition) is 1. The van der Waals surface area contributed by atoms with Gasteiger partial charge in [0.15, 0.2) is 0 Å². The lowest BCUT2D eigenvalue weighted by Gasteiger charge is -2.33. The van der Waals surface area contributed by atoms with Crippen LogP contribution in [-0.4, -0.2) is 62.4 Å². The van der Waals surface area contributed by atoms with E-state index in [1.807, 2.05) is 0 Å². The van der Waals surface area contributed by atoms with Crippen molar-refractivity contribution in [3.8, 4) is 11.4 Å². The molecule has 1 aromatic heterocycles. The molecule has 2 aromatic rings. The molecule has 8 heteroatoms. The summed E-state index contributed by atoms with van der Waals surface area (Å²) in [5.74, 6) is 0.502. The molecule has 0 bridgehead atoms. The number of benzene rings is 1. The van der Waals surface area contributed by atoms with E-state index >= 15 is 0 Å². The minimum absolute atomic E-state index is 0.0508. The summed E-state index contributed by atoms with van der Waals surface area (Å²) in [6.45, 7) is 0.218. The maximum Gasteiger partial charge on any atom is 0.295 e. The van der Waals surface area contributed by atoms with Gasteiger partial charge in [0.2, 0.25) is 0 Å². The minimum Gasteiger partial charge on any atom is -0.497 e. The first kappa shape index (κ1) is 17.3. The Labute approximate surface area is 146 Å². The second kappa shape index (κ2) is 8.06. The zero-order valence-electron chi connectivity index (χ0n) is 14.3. The monoisotopic (exact) mass is 345 g/mol. The lowest BCUT2D eigenvalue weighted by Crippen LogP contribution is -2.43. The van der Waals surface area contributed by atoms with Gasteiger partial charge in [-0.15, -0.1) is 15.0 Å². The van der Waals surface area contributed by atoms with Gasteiger partial charge < -0.3 is 14.7 Å². The highest BCUT2D eigenvalue weighted by molar-refractivity contribution is 5.90. The van der Waals surface area contributed by atoms with E-state index < -0.39 is 0 Å². The van der Waals surface area contributed by atoms with Crippen molar-refractivity contribution in [2.24, 2.45) is 0 Å². The number of aliphatic hydroxyl groups is 1. The molecule has 3 rings (SSSR count). The van der Waals surface area contributed by atoms with Gasteiger partial charge in [-0.25, -0.2) is 0 Å². The van der Waals surface area contributed by atoms with Gasteiger partial charge >= 0.3 is 0 Å². The molecule has 0 atom stereocenters. The highest BCUT2D eigenvalue weighted by atomic mass is 16.5. The van der Waals surface area contributed by atoms with E-state index in [0.717, 1.165) is 31.4 Å². The van der Waals surface area contributed by atoms with E-state index in [9.17, 15) is 9.90 Å². The maximum absolute atomic E-state index is 12.8. The summed E-state index contributed by atoms with van der Waals surface area (Å²) in [6, 6.07) is 7.31. The smallest absolute Gasteiger partial charge is 0.295 e. The molecule has 1 fully saturated rings. The number of amides is 1. The Balaban J connectivity index is 1.77. The molecule has 25 heavy (non-hydrogen) atoms. The van der Waals surface area contributed by atoms with Gasteiger partial charge in [-0.1, -0.05) is 19.3 Å². The van der Waals surface area contributed by atoms with Crippen molar-refractivity contribution in [2.45, 2.75) is 38.1 Å². The van der Waals surface area contributed by atoms with Gasteiger partial charge in [0.25, 0.3) is 11.7 Å². The summed E-state index contributed by atoms with van der Waals surface area (Å²) in [5.41, 5.74) is 0.693. The Morgan fingerprint density at radius 1 is 1.28 bits per heavy atom. The molecule has 1 heterocycles. The van der Waals surface area contributed by atoms with Crippen LogP contribution in [0.15, 0.2) is 24.3 Å². The molecule has 1 amide bonds. The van der Waals surface area contributed by atoms with Crippen LogP contribution < -0.4 is 4.74 Å². The van der Waals surface area contributed by atoms with Crippen molar-refractivity contribution in [1.82, 2.24) is 25.1 Å². The topological polar surface area (TPSA) is 93.4 Å². The first-order valence-corrected chi connectivity index (χ1v) is 8.59. The molecule has 0 radical (unpaired) electrons. The normalized spacial score (nSPS) is 15.1. The summed E-state index contributed by atoms with van der Waals surface area (Å²) in [5, 5.41) is 21.4. The number of tetrazole rings is 1. The number of ether oxygens (including phenoxy) is 1. The van der Waals surface area contributed by atoms with Crippen molar-refractivity contribution in [1.29, 1.82) is 0 Å². The summed E-state index contributed by atoms with van der Waals surface area (Å²) < 4.78 is 5.12. The second-order valence-electron chi connectivity index (χ2n) is 6.11. The van der Waals surface area contributed by atoms with E-state index in [1.54, 1.807) is 36.3 Å². The number of hydrogen-bond acceptors (Lipinski definition) is 6. The van der Waals surface area contributed by atoms with Crippen LogP contribution >= 0.6 is 0 Å². The van der Waals surface area contributed by atoms with Gasteiger partial charge in [0.1, 0.15) is 5.75 Å². The van der Waals surface area contributed by atoms with E-state index in [1.165, 1.54) is 11.2 Å². The molecule has 0 aliphatic heterocycles. The van der Waals surface area contributed by atoms with E-state index in [-0.39, 0.29) is 24.4 Å². The fourth-order valence-electron chi connectivity index (χ4n) is 3.20. The third-order valence-electron chi connectivity index (χ3n) is 4.53. The number of methoxy groups -OCH3 is 1. The number of carbonyl (C=O) groups excluding carboxylic acids is 1. The summed E-state index contributed by atoms with van der Waals surface area (Å²) in [7, 11) is 1.60. The average molecular weight is 345 g/mol. The molecule has 1 N–H and O–H groups in total. The predicted molar refractivity (Wildman–Crippen MR) is 90.7 cm³/mol. The number of rotatable bonds is 6. The first-order chi connectivity index (χ1) is 12.2. The molecule has 8 nitrogen and oxygen atoms in total. The highest BCUT2D eigenvalue weighted by Gasteiger charge is 2.28. The quantitative estimate of drug-likeness (QED) is 0.851. The van der Waals surface area contributed by atoms with Crippen LogP contribution in [0.25, 0.3) is 5.69 Å². The van der Waals surface area contributed by atoms with Crippen LogP contribution in [0.1, 0.15) is 42.7 Å². The van der Waals surface area contributed by atoms with Gasteiger partial charge in [0.05, 0.1) is 19.4 Å². The van der Waals surface area contributed by atoms with Crippen LogP contribution in [-0.2, 0) is 0 Å². The number of nitrogens with zero attached hydrogens (tertiary/aromatic N) is 5. The molecule has 1 aromatic carbocycles. The number of carbonyl (C=O) groups is 1. The molecule has 0 spiro atoms. The molecule has 1 aliphatic rings. The Morgan fingerprint density at radius 2 is 2.00 bits per heavy atom. The Bertz CT molecular complexity index is 695. The fourth-order valence-corrected chi connectivity index (χ4v) is 3.20. The summed E-state index contributed by atoms with van der Waals surface area (Å²) in [4.78, 5) is 15.8. The zero-order chi connectivity index (χ0) is 17.6. The van der Waals surface area contributed by atoms with E-state index in [2.05, 4.69) is 15.4 Å². The van der Waals surface area contributed by atoms with Gasteiger partial charge in [-0.3, -0.25) is 4.79 Å². The van der Waals surface area contributed by atoms with Crippen molar-refractivity contribution < 1.29 is 14.6 Å². The number of aromatic nitrogens is 4. The Kier molecular flexibility index (Phi) is 5.60. The number of aliphatic hydroxyl groups excluding tert-OH is 1. The molecule has 1 saturated carbocycles. The minimum atomic E-state index is -0.277. The van der Waals surface area contributed by atoms with E-state index in [0.29, 0.717) is 12.2 Å². The van der Waals surface area contributed by atoms with Crippen molar-refractivity contribution in [3.05, 3.63) is 30.1 Å². The SMILES string of the molecule is COc1ccc(-n2nnc(C(=O)N(CCO)C3CCCCC3)n2)cc1. The predicted octanol–water partition coefficient (Wildman–Crippen LogP) is 1.44. The highest BCUT2D eigenvalue weighted by Crippen LogP contribution is 2.23. The lowest BCUT2D eigenvalue weighted by molar-refractivity contribution is 0.0573. The van der Waals surface area contributed by atoms with Crippen LogP contribution in [0.3, 0.4) is 0 Å². The summed E-state index contributed by atoms with van der Waals surface area (Å²) >= 11 is 0. The van der Waals surface area contributed by atoms with Crippen molar-refractivity contribution >= 4 is 5.91 Å². The molecule has 0 saturated heterocycles. The zero-order valence-corrected chi connectivity index (χ0v) is 14.3. The Morgan fingerprint density at radius 3 is 2.64 bits per heavy atom. The molecule has 0 unspecified atom stereocenters. The molecule has 1 aliphatic carbocycles. The molecule has 134 valence electrons. The first-order valence-electron chi connectivity index (χ1n) is 8.59. The second-order valence-corrected chi connectivity index (χ2v) is 6.11. The Hall–Kier alpha value is -2.48. The molecular weight excluding hydrogens is 322 g/mol. The fraction of sp³-hybridized carbons (Fsp3) is 0.529. The average Bonchev–Trinajstić information content (AvgIpc) is 3.16. The van der Waals surface area contributed by atoms with Gasteiger partial charge in [-0.05, 0) is 42.3 Å². The van der Waals surface area contributed by atoms with Crippen LogP contribution in [0.5, 0.6) is 5.75 Å². The van der Waals surface area contributed by atoms with Gasteiger partial charge in [0, 0.05) is 12.6 Å². The van der Waals surface area contributed by atoms with Crippen LogP contribution in [0.4, 0.5) is 0 Å². The molecular formula is C17H23N5O3. The van der Waals surface area contributed by atoms with Crippen molar-refractivity contribution in [3.63, 3.8) is 0 Å².